The van der Waals surface area contributed by atoms with Crippen LogP contribution in [0.4, 0.5) is 0 Å². The minimum Gasteiger partial charge on any atom is -0.315 e. The third kappa shape index (κ3) is 5.11. The van der Waals surface area contributed by atoms with Crippen molar-refractivity contribution in [2.24, 2.45) is 0 Å². The van der Waals surface area contributed by atoms with Crippen LogP contribution < -0.4 is 10.6 Å². The highest BCUT2D eigenvalue weighted by Gasteiger charge is 2.12. The number of thiophene rings is 1. The molecule has 0 radical (unpaired) electrons. The Labute approximate surface area is 105 Å². The Hall–Kier alpha value is 0.1000. The molecule has 4 heteroatoms. The zero-order valence-corrected chi connectivity index (χ0v) is 12.0. The van der Waals surface area contributed by atoms with Crippen LogP contribution in [0.2, 0.25) is 0 Å². The van der Waals surface area contributed by atoms with Crippen molar-refractivity contribution in [1.82, 2.24) is 10.6 Å². The van der Waals surface area contributed by atoms with Crippen molar-refractivity contribution in [2.75, 3.05) is 20.1 Å². The number of hydrogen-bond acceptors (Lipinski definition) is 3. The topological polar surface area (TPSA) is 24.1 Å². The summed E-state index contributed by atoms with van der Waals surface area (Å²) in [7, 11) is 2.00. The van der Waals surface area contributed by atoms with Gasteiger partial charge in [0.15, 0.2) is 0 Å². The Balaban J connectivity index is 2.17. The molecule has 1 rings (SSSR count). The molecule has 1 aromatic rings. The second-order valence-electron chi connectivity index (χ2n) is 4.27. The smallest absolute Gasteiger partial charge is 0.0701 e. The third-order valence-electron chi connectivity index (χ3n) is 2.42. The standard InChI is InChI=1S/C11H19BrN2S/c1-11(2,13-3)8-14-7-6-9-4-5-10(12)15-9/h4-5,13-14H,6-8H2,1-3H3. The van der Waals surface area contributed by atoms with Crippen LogP contribution in [0.15, 0.2) is 15.9 Å². The molecule has 0 saturated carbocycles. The number of likely N-dealkylation sites (N-methyl/N-ethyl adjacent to an activating group) is 1. The van der Waals surface area contributed by atoms with E-state index in [2.05, 4.69) is 52.5 Å². The lowest BCUT2D eigenvalue weighted by Crippen LogP contribution is -2.46. The van der Waals surface area contributed by atoms with E-state index in [0.29, 0.717) is 0 Å². The first-order valence-electron chi connectivity index (χ1n) is 5.17. The van der Waals surface area contributed by atoms with Crippen molar-refractivity contribution in [3.8, 4) is 0 Å². The van der Waals surface area contributed by atoms with Gasteiger partial charge in [0.2, 0.25) is 0 Å². The molecule has 0 aromatic carbocycles. The molecule has 1 aromatic heterocycles. The number of hydrogen-bond donors (Lipinski definition) is 2. The Bertz CT molecular complexity index is 297. The predicted molar refractivity (Wildman–Crippen MR) is 71.7 cm³/mol. The van der Waals surface area contributed by atoms with E-state index in [-0.39, 0.29) is 5.54 Å². The van der Waals surface area contributed by atoms with Gasteiger partial charge in [-0.05, 0) is 55.4 Å². The predicted octanol–water partition coefficient (Wildman–Crippen LogP) is 2.64. The van der Waals surface area contributed by atoms with Crippen molar-refractivity contribution < 1.29 is 0 Å². The quantitative estimate of drug-likeness (QED) is 0.787. The summed E-state index contributed by atoms with van der Waals surface area (Å²) in [5, 5.41) is 6.74. The normalized spacial score (nSPS) is 12.0. The van der Waals surface area contributed by atoms with Crippen LogP contribution in [0.1, 0.15) is 18.7 Å². The van der Waals surface area contributed by atoms with E-state index < -0.39 is 0 Å². The maximum atomic E-state index is 3.47. The second kappa shape index (κ2) is 5.99. The molecule has 0 aliphatic carbocycles. The molecule has 2 N–H and O–H groups in total. The van der Waals surface area contributed by atoms with Crippen molar-refractivity contribution in [3.63, 3.8) is 0 Å². The highest BCUT2D eigenvalue weighted by Crippen LogP contribution is 2.21. The fourth-order valence-corrected chi connectivity index (χ4v) is 2.67. The SMILES string of the molecule is CNC(C)(C)CNCCc1ccc(Br)s1. The van der Waals surface area contributed by atoms with Gasteiger partial charge in [-0.2, -0.15) is 0 Å². The molecular weight excluding hydrogens is 272 g/mol. The average Bonchev–Trinajstić information content (AvgIpc) is 2.59. The van der Waals surface area contributed by atoms with Crippen molar-refractivity contribution in [2.45, 2.75) is 25.8 Å². The zero-order chi connectivity index (χ0) is 11.3. The van der Waals surface area contributed by atoms with Gasteiger partial charge in [0.1, 0.15) is 0 Å². The van der Waals surface area contributed by atoms with Crippen molar-refractivity contribution in [3.05, 3.63) is 20.8 Å². The fourth-order valence-electron chi connectivity index (χ4n) is 1.19. The molecule has 2 nitrogen and oxygen atoms in total. The number of halogens is 1. The van der Waals surface area contributed by atoms with E-state index in [9.17, 15) is 0 Å². The van der Waals surface area contributed by atoms with Crippen molar-refractivity contribution >= 4 is 27.3 Å². The van der Waals surface area contributed by atoms with Gasteiger partial charge >= 0.3 is 0 Å². The first kappa shape index (κ1) is 13.2. The Morgan fingerprint density at radius 3 is 2.67 bits per heavy atom. The van der Waals surface area contributed by atoms with E-state index in [1.165, 1.54) is 8.66 Å². The molecule has 1 heterocycles. The van der Waals surface area contributed by atoms with Crippen LogP contribution in [0.25, 0.3) is 0 Å². The number of nitrogens with one attached hydrogen (secondary N) is 2. The van der Waals surface area contributed by atoms with Crippen LogP contribution in [-0.2, 0) is 6.42 Å². The highest BCUT2D eigenvalue weighted by molar-refractivity contribution is 9.11. The summed E-state index contributed by atoms with van der Waals surface area (Å²) in [4.78, 5) is 1.43. The van der Waals surface area contributed by atoms with E-state index in [4.69, 9.17) is 0 Å². The van der Waals surface area contributed by atoms with Gasteiger partial charge in [-0.1, -0.05) is 0 Å². The third-order valence-corrected chi connectivity index (χ3v) is 4.10. The second-order valence-corrected chi connectivity index (χ2v) is 6.81. The monoisotopic (exact) mass is 290 g/mol. The highest BCUT2D eigenvalue weighted by atomic mass is 79.9. The maximum Gasteiger partial charge on any atom is 0.0701 e. The van der Waals surface area contributed by atoms with E-state index in [0.717, 1.165) is 19.5 Å². The summed E-state index contributed by atoms with van der Waals surface area (Å²) in [6.07, 6.45) is 1.11. The zero-order valence-electron chi connectivity index (χ0n) is 9.56. The van der Waals surface area contributed by atoms with Gasteiger partial charge in [-0.25, -0.2) is 0 Å². The van der Waals surface area contributed by atoms with E-state index >= 15 is 0 Å². The molecule has 0 fully saturated rings. The lowest BCUT2D eigenvalue weighted by molar-refractivity contribution is 0.395. The van der Waals surface area contributed by atoms with E-state index in [1.807, 2.05) is 18.4 Å². The molecule has 15 heavy (non-hydrogen) atoms. The minimum atomic E-state index is 0.177. The van der Waals surface area contributed by atoms with Gasteiger partial charge in [-0.15, -0.1) is 11.3 Å². The van der Waals surface area contributed by atoms with Gasteiger partial charge in [-0.3, -0.25) is 0 Å². The lowest BCUT2D eigenvalue weighted by Gasteiger charge is -2.24. The average molecular weight is 291 g/mol. The molecular formula is C11H19BrN2S. The molecule has 0 amide bonds. The van der Waals surface area contributed by atoms with Crippen LogP contribution >= 0.6 is 27.3 Å². The summed E-state index contributed by atoms with van der Waals surface area (Å²) in [5.74, 6) is 0. The number of rotatable bonds is 6. The Kier molecular flexibility index (Phi) is 5.26. The van der Waals surface area contributed by atoms with Crippen molar-refractivity contribution in [1.29, 1.82) is 0 Å². The van der Waals surface area contributed by atoms with Gasteiger partial charge in [0.25, 0.3) is 0 Å². The molecule has 0 unspecified atom stereocenters. The molecule has 86 valence electrons. The summed E-state index contributed by atoms with van der Waals surface area (Å²) in [6.45, 7) is 6.43. The summed E-state index contributed by atoms with van der Waals surface area (Å²) in [6, 6.07) is 4.29. The van der Waals surface area contributed by atoms with E-state index in [1.54, 1.807) is 0 Å². The molecule has 0 atom stereocenters. The largest absolute Gasteiger partial charge is 0.315 e. The summed E-state index contributed by atoms with van der Waals surface area (Å²) < 4.78 is 1.22. The molecule has 0 spiro atoms. The first-order valence-corrected chi connectivity index (χ1v) is 6.78. The molecule has 0 aliphatic heterocycles. The molecule has 0 bridgehead atoms. The van der Waals surface area contributed by atoms with Gasteiger partial charge in [0, 0.05) is 23.5 Å². The van der Waals surface area contributed by atoms with Crippen LogP contribution in [0.3, 0.4) is 0 Å². The van der Waals surface area contributed by atoms with Gasteiger partial charge in [0.05, 0.1) is 3.79 Å². The lowest BCUT2D eigenvalue weighted by atomic mass is 10.1. The minimum absolute atomic E-state index is 0.177. The summed E-state index contributed by atoms with van der Waals surface area (Å²) >= 11 is 5.28. The Morgan fingerprint density at radius 2 is 2.13 bits per heavy atom. The first-order chi connectivity index (χ1) is 7.03. The van der Waals surface area contributed by atoms with Crippen LogP contribution in [-0.4, -0.2) is 25.7 Å². The van der Waals surface area contributed by atoms with Crippen LogP contribution in [0, 0.1) is 0 Å². The van der Waals surface area contributed by atoms with Crippen LogP contribution in [0.5, 0.6) is 0 Å². The Morgan fingerprint density at radius 1 is 1.40 bits per heavy atom. The fraction of sp³-hybridized carbons (Fsp3) is 0.636. The summed E-state index contributed by atoms with van der Waals surface area (Å²) in [5.41, 5.74) is 0.177. The maximum absolute atomic E-state index is 3.47. The van der Waals surface area contributed by atoms with Gasteiger partial charge < -0.3 is 10.6 Å². The molecule has 0 saturated heterocycles. The molecule has 0 aliphatic rings.